The summed E-state index contributed by atoms with van der Waals surface area (Å²) in [4.78, 5) is 14.2. The third-order valence-electron chi connectivity index (χ3n) is 2.51. The molecule has 0 aliphatic rings. The summed E-state index contributed by atoms with van der Waals surface area (Å²) in [5.74, 6) is -1.68. The normalized spacial score (nSPS) is 13.1. The molecule has 0 bridgehead atoms. The van der Waals surface area contributed by atoms with E-state index in [1.807, 2.05) is 0 Å². The van der Waals surface area contributed by atoms with Crippen LogP contribution in [0.15, 0.2) is 12.1 Å². The van der Waals surface area contributed by atoms with Crippen molar-refractivity contribution in [2.45, 2.75) is 32.0 Å². The molecule has 1 atom stereocenters. The van der Waals surface area contributed by atoms with E-state index in [1.54, 1.807) is 6.92 Å². The van der Waals surface area contributed by atoms with Gasteiger partial charge in [-0.25, -0.2) is 9.78 Å². The van der Waals surface area contributed by atoms with Crippen molar-refractivity contribution in [3.8, 4) is 0 Å². The molecule has 0 radical (unpaired) electrons. The number of halogens is 3. The fourth-order valence-electron chi connectivity index (χ4n) is 1.53. The molecule has 0 amide bonds. The van der Waals surface area contributed by atoms with Gasteiger partial charge in [-0.2, -0.15) is 13.2 Å². The molecule has 0 saturated carbocycles. The first-order valence-electron chi connectivity index (χ1n) is 5.95. The second-order valence-electron chi connectivity index (χ2n) is 4.31. The Balaban J connectivity index is 2.87. The minimum absolute atomic E-state index is 0.222. The lowest BCUT2D eigenvalue weighted by molar-refractivity contribution is -0.141. The van der Waals surface area contributed by atoms with E-state index >= 15 is 0 Å². The van der Waals surface area contributed by atoms with Crippen molar-refractivity contribution in [2.24, 2.45) is 0 Å². The van der Waals surface area contributed by atoms with Crippen molar-refractivity contribution in [3.63, 3.8) is 0 Å². The average Bonchev–Trinajstić information content (AvgIpc) is 2.32. The first-order valence-corrected chi connectivity index (χ1v) is 5.95. The number of hydrogen-bond acceptors (Lipinski definition) is 4. The Kier molecular flexibility index (Phi) is 5.32. The summed E-state index contributed by atoms with van der Waals surface area (Å²) in [6, 6.07) is 1.50. The van der Waals surface area contributed by atoms with Crippen LogP contribution in [0.2, 0.25) is 0 Å². The van der Waals surface area contributed by atoms with Crippen LogP contribution in [-0.2, 0) is 6.18 Å². The molecule has 8 heteroatoms. The standard InChI is InChI=1S/C12H15F3N2O3/c1-7(18)3-2-6-16-10-8(11(19)20)4-5-9(17-10)12(13,14)15/h4-5,7,18H,2-3,6H2,1H3,(H,16,17)(H,19,20). The second kappa shape index (κ2) is 6.56. The minimum atomic E-state index is -4.63. The van der Waals surface area contributed by atoms with Crippen LogP contribution in [0.1, 0.15) is 35.8 Å². The van der Waals surface area contributed by atoms with Gasteiger partial charge in [-0.05, 0) is 31.9 Å². The van der Waals surface area contributed by atoms with Gasteiger partial charge >= 0.3 is 12.1 Å². The van der Waals surface area contributed by atoms with E-state index < -0.39 is 23.9 Å². The summed E-state index contributed by atoms with van der Waals surface area (Å²) in [5.41, 5.74) is -1.48. The lowest BCUT2D eigenvalue weighted by Crippen LogP contribution is -2.15. The first-order chi connectivity index (χ1) is 9.21. The molecule has 0 aliphatic heterocycles. The predicted molar refractivity (Wildman–Crippen MR) is 65.6 cm³/mol. The molecular formula is C12H15F3N2O3. The summed E-state index contributed by atoms with van der Waals surface area (Å²) in [5, 5.41) is 20.5. The minimum Gasteiger partial charge on any atom is -0.478 e. The molecule has 1 rings (SSSR count). The predicted octanol–water partition coefficient (Wildman–Crippen LogP) is 2.37. The average molecular weight is 292 g/mol. The van der Waals surface area contributed by atoms with Gasteiger partial charge in [-0.1, -0.05) is 0 Å². The number of carboxylic acids is 1. The fourth-order valence-corrected chi connectivity index (χ4v) is 1.53. The SMILES string of the molecule is CC(O)CCCNc1nc(C(F)(F)F)ccc1C(=O)O. The van der Waals surface area contributed by atoms with Crippen molar-refractivity contribution >= 4 is 11.8 Å². The van der Waals surface area contributed by atoms with Gasteiger partial charge in [0.2, 0.25) is 0 Å². The number of anilines is 1. The highest BCUT2D eigenvalue weighted by atomic mass is 19.4. The van der Waals surface area contributed by atoms with Gasteiger partial charge in [0, 0.05) is 6.54 Å². The van der Waals surface area contributed by atoms with E-state index in [9.17, 15) is 18.0 Å². The molecular weight excluding hydrogens is 277 g/mol. The Bertz CT molecular complexity index is 476. The van der Waals surface area contributed by atoms with Crippen molar-refractivity contribution in [1.82, 2.24) is 4.98 Å². The number of aliphatic hydroxyl groups is 1. The van der Waals surface area contributed by atoms with Crippen LogP contribution in [0, 0.1) is 0 Å². The maximum Gasteiger partial charge on any atom is 0.433 e. The van der Waals surface area contributed by atoms with Crippen molar-refractivity contribution < 1.29 is 28.2 Å². The molecule has 0 aromatic carbocycles. The molecule has 0 aliphatic carbocycles. The highest BCUT2D eigenvalue weighted by Gasteiger charge is 2.33. The molecule has 1 heterocycles. The van der Waals surface area contributed by atoms with Gasteiger partial charge in [-0.15, -0.1) is 0 Å². The molecule has 5 nitrogen and oxygen atoms in total. The summed E-state index contributed by atoms with van der Waals surface area (Å²) in [7, 11) is 0. The zero-order chi connectivity index (χ0) is 15.3. The Morgan fingerprint density at radius 3 is 2.60 bits per heavy atom. The largest absolute Gasteiger partial charge is 0.478 e. The zero-order valence-electron chi connectivity index (χ0n) is 10.7. The van der Waals surface area contributed by atoms with E-state index in [0.29, 0.717) is 18.9 Å². The van der Waals surface area contributed by atoms with Crippen LogP contribution in [0.4, 0.5) is 19.0 Å². The summed E-state index contributed by atoms with van der Waals surface area (Å²) in [6.07, 6.45) is -4.22. The number of aliphatic hydroxyl groups excluding tert-OH is 1. The van der Waals surface area contributed by atoms with E-state index in [-0.39, 0.29) is 17.9 Å². The summed E-state index contributed by atoms with van der Waals surface area (Å²) >= 11 is 0. The Labute approximate surface area is 113 Å². The number of hydrogen-bond donors (Lipinski definition) is 3. The van der Waals surface area contributed by atoms with Gasteiger partial charge < -0.3 is 15.5 Å². The number of carbonyl (C=O) groups is 1. The molecule has 1 aromatic rings. The molecule has 0 spiro atoms. The number of aromatic nitrogens is 1. The maximum absolute atomic E-state index is 12.5. The second-order valence-corrected chi connectivity index (χ2v) is 4.31. The number of rotatable bonds is 6. The van der Waals surface area contributed by atoms with Gasteiger partial charge in [0.05, 0.1) is 6.10 Å². The number of carboxylic acid groups (broad SMARTS) is 1. The molecule has 0 fully saturated rings. The van der Waals surface area contributed by atoms with Crippen LogP contribution in [-0.4, -0.2) is 33.8 Å². The number of nitrogens with one attached hydrogen (secondary N) is 1. The van der Waals surface area contributed by atoms with E-state index in [2.05, 4.69) is 10.3 Å². The van der Waals surface area contributed by atoms with Gasteiger partial charge in [0.25, 0.3) is 0 Å². The highest BCUT2D eigenvalue weighted by molar-refractivity contribution is 5.93. The Morgan fingerprint density at radius 1 is 1.45 bits per heavy atom. The lowest BCUT2D eigenvalue weighted by atomic mass is 10.2. The topological polar surface area (TPSA) is 82.5 Å². The number of nitrogens with zero attached hydrogens (tertiary/aromatic N) is 1. The lowest BCUT2D eigenvalue weighted by Gasteiger charge is -2.12. The highest BCUT2D eigenvalue weighted by Crippen LogP contribution is 2.29. The smallest absolute Gasteiger partial charge is 0.433 e. The van der Waals surface area contributed by atoms with Gasteiger partial charge in [-0.3, -0.25) is 0 Å². The van der Waals surface area contributed by atoms with Crippen molar-refractivity contribution in [3.05, 3.63) is 23.4 Å². The number of pyridine rings is 1. The monoisotopic (exact) mass is 292 g/mol. The third-order valence-corrected chi connectivity index (χ3v) is 2.51. The first kappa shape index (κ1) is 16.2. The third kappa shape index (κ3) is 4.69. The molecule has 3 N–H and O–H groups in total. The van der Waals surface area contributed by atoms with Gasteiger partial charge in [0.1, 0.15) is 17.1 Å². The Morgan fingerprint density at radius 2 is 2.10 bits per heavy atom. The molecule has 1 unspecified atom stereocenters. The summed E-state index contributed by atoms with van der Waals surface area (Å²) in [6.45, 7) is 1.81. The maximum atomic E-state index is 12.5. The van der Waals surface area contributed by atoms with E-state index in [1.165, 1.54) is 0 Å². The van der Waals surface area contributed by atoms with Crippen molar-refractivity contribution in [1.29, 1.82) is 0 Å². The fraction of sp³-hybridized carbons (Fsp3) is 0.500. The molecule has 1 aromatic heterocycles. The Hall–Kier alpha value is -1.83. The van der Waals surface area contributed by atoms with Crippen LogP contribution >= 0.6 is 0 Å². The van der Waals surface area contributed by atoms with E-state index in [4.69, 9.17) is 10.2 Å². The van der Waals surface area contributed by atoms with Crippen LogP contribution in [0.3, 0.4) is 0 Å². The zero-order valence-corrected chi connectivity index (χ0v) is 10.7. The summed E-state index contributed by atoms with van der Waals surface area (Å²) < 4.78 is 37.6. The van der Waals surface area contributed by atoms with Crippen LogP contribution < -0.4 is 5.32 Å². The quantitative estimate of drug-likeness (QED) is 0.701. The van der Waals surface area contributed by atoms with Gasteiger partial charge in [0.15, 0.2) is 0 Å². The van der Waals surface area contributed by atoms with Crippen LogP contribution in [0.5, 0.6) is 0 Å². The number of aromatic carboxylic acids is 1. The van der Waals surface area contributed by atoms with E-state index in [0.717, 1.165) is 6.07 Å². The number of alkyl halides is 3. The van der Waals surface area contributed by atoms with Crippen LogP contribution in [0.25, 0.3) is 0 Å². The van der Waals surface area contributed by atoms with Crippen molar-refractivity contribution in [2.75, 3.05) is 11.9 Å². The molecule has 0 saturated heterocycles. The molecule has 112 valence electrons. The molecule has 20 heavy (non-hydrogen) atoms.